The molecule has 0 unspecified atom stereocenters. The molecule has 2 fully saturated rings. The summed E-state index contributed by atoms with van der Waals surface area (Å²) >= 11 is 3.51. The zero-order chi connectivity index (χ0) is 23.3. The van der Waals surface area contributed by atoms with Gasteiger partial charge in [0.15, 0.2) is 0 Å². The van der Waals surface area contributed by atoms with E-state index in [4.69, 9.17) is 0 Å². The lowest BCUT2D eigenvalue weighted by Crippen LogP contribution is -2.48. The van der Waals surface area contributed by atoms with Crippen LogP contribution in [0.3, 0.4) is 0 Å². The van der Waals surface area contributed by atoms with Crippen LogP contribution in [-0.4, -0.2) is 63.7 Å². The highest BCUT2D eigenvalue weighted by atomic mass is 79.9. The number of nitrogens with zero attached hydrogens (tertiary/aromatic N) is 3. The number of carbonyl (C=O) groups is 2. The number of carbonyl (C=O) groups excluding carboxylic acids is 2. The molecule has 0 N–H and O–H groups in total. The molecule has 0 spiro atoms. The minimum Gasteiger partial charge on any atom is -0.385 e. The van der Waals surface area contributed by atoms with Gasteiger partial charge in [-0.05, 0) is 50.8 Å². The average Bonchev–Trinajstić information content (AvgIpc) is 2.80. The smallest absolute Gasteiger partial charge is 0.214 e. The van der Waals surface area contributed by atoms with E-state index in [-0.39, 0.29) is 6.04 Å². The lowest BCUT2D eigenvalue weighted by atomic mass is 9.93. The number of halogens is 1. The quantitative estimate of drug-likeness (QED) is 0.471. The molecule has 1 aromatic rings. The van der Waals surface area contributed by atoms with Gasteiger partial charge < -0.3 is 19.4 Å². The van der Waals surface area contributed by atoms with Crippen molar-refractivity contribution in [2.75, 3.05) is 43.7 Å². The number of methoxy groups -OCH3 is 1. The van der Waals surface area contributed by atoms with Crippen molar-refractivity contribution in [2.24, 2.45) is 0 Å². The second kappa shape index (κ2) is 14.7. The number of hydrogen-bond donors (Lipinski definition) is 0. The molecule has 1 aromatic carbocycles. The Balaban J connectivity index is 0.000000837. The van der Waals surface area contributed by atoms with E-state index in [2.05, 4.69) is 25.6 Å². The molecule has 1 saturated heterocycles. The number of hydrogen-bond acceptors (Lipinski definition) is 4. The van der Waals surface area contributed by atoms with Crippen molar-refractivity contribution in [1.29, 1.82) is 0 Å². The average molecular weight is 511 g/mol. The van der Waals surface area contributed by atoms with Gasteiger partial charge in [0.2, 0.25) is 12.8 Å². The van der Waals surface area contributed by atoms with Gasteiger partial charge in [0.05, 0.1) is 11.4 Å². The van der Waals surface area contributed by atoms with Crippen LogP contribution >= 0.6 is 15.9 Å². The summed E-state index contributed by atoms with van der Waals surface area (Å²) in [6.07, 6.45) is 13.2. The van der Waals surface area contributed by atoms with E-state index in [0.717, 1.165) is 61.2 Å². The third-order valence-electron chi connectivity index (χ3n) is 6.64. The Hall–Kier alpha value is -1.44. The Labute approximate surface area is 202 Å². The third-order valence-corrected chi connectivity index (χ3v) is 7.13. The van der Waals surface area contributed by atoms with Gasteiger partial charge in [-0.25, -0.2) is 0 Å². The molecule has 1 aliphatic heterocycles. The van der Waals surface area contributed by atoms with Crippen LogP contribution in [0.2, 0.25) is 0 Å². The monoisotopic (exact) mass is 509 g/mol. The van der Waals surface area contributed by atoms with E-state index in [1.165, 1.54) is 49.8 Å². The van der Waals surface area contributed by atoms with Crippen LogP contribution < -0.4 is 9.80 Å². The molecular weight excluding hydrogens is 470 g/mol. The number of rotatable bonds is 7. The molecular formula is C25H40BrN3O3. The molecule has 32 heavy (non-hydrogen) atoms. The Morgan fingerprint density at radius 2 is 1.59 bits per heavy atom. The Morgan fingerprint density at radius 1 is 1.00 bits per heavy atom. The normalized spacial score (nSPS) is 18.6. The van der Waals surface area contributed by atoms with E-state index in [0.29, 0.717) is 6.04 Å². The molecule has 0 aromatic heterocycles. The first kappa shape index (κ1) is 26.8. The van der Waals surface area contributed by atoms with Crippen molar-refractivity contribution < 1.29 is 14.3 Å². The number of amides is 2. The van der Waals surface area contributed by atoms with Crippen LogP contribution in [0.15, 0.2) is 22.7 Å². The molecule has 0 atom stereocenters. The number of anilines is 2. The summed E-state index contributed by atoms with van der Waals surface area (Å²) in [7, 11) is 3.40. The van der Waals surface area contributed by atoms with Crippen molar-refractivity contribution >= 4 is 40.1 Å². The zero-order valence-corrected chi connectivity index (χ0v) is 21.6. The van der Waals surface area contributed by atoms with E-state index in [1.807, 2.05) is 30.0 Å². The first-order valence-electron chi connectivity index (χ1n) is 12.0. The molecule has 3 rings (SSSR count). The molecule has 0 radical (unpaired) electrons. The summed E-state index contributed by atoms with van der Waals surface area (Å²) in [4.78, 5) is 29.4. The third kappa shape index (κ3) is 7.85. The van der Waals surface area contributed by atoms with Crippen molar-refractivity contribution in [3.8, 4) is 0 Å². The summed E-state index contributed by atoms with van der Waals surface area (Å²) in [5.74, 6) is 0. The van der Waals surface area contributed by atoms with Gasteiger partial charge in [-0.1, -0.05) is 48.0 Å². The molecule has 6 nitrogen and oxygen atoms in total. The van der Waals surface area contributed by atoms with Crippen LogP contribution in [-0.2, 0) is 14.3 Å². The maximum atomic E-state index is 12.0. The van der Waals surface area contributed by atoms with Gasteiger partial charge in [0.1, 0.15) is 0 Å². The van der Waals surface area contributed by atoms with Crippen molar-refractivity contribution in [1.82, 2.24) is 4.90 Å². The lowest BCUT2D eigenvalue weighted by molar-refractivity contribution is -0.108. The highest BCUT2D eigenvalue weighted by molar-refractivity contribution is 9.10. The van der Waals surface area contributed by atoms with Gasteiger partial charge in [0.25, 0.3) is 0 Å². The molecule has 180 valence electrons. The van der Waals surface area contributed by atoms with Crippen LogP contribution in [0.5, 0.6) is 0 Å². The molecule has 2 aliphatic rings. The highest BCUT2D eigenvalue weighted by Crippen LogP contribution is 2.34. The SMILES string of the molecule is CCOC.CN(C=O)c1ccc(Br)cc1N(C=O)C1CCN(C2CCCCCCC2)CC1. The fourth-order valence-corrected chi connectivity index (χ4v) is 5.08. The summed E-state index contributed by atoms with van der Waals surface area (Å²) in [5.41, 5.74) is 1.55. The highest BCUT2D eigenvalue weighted by Gasteiger charge is 2.30. The topological polar surface area (TPSA) is 53.1 Å². The number of ether oxygens (including phenoxy) is 1. The largest absolute Gasteiger partial charge is 0.385 e. The second-order valence-electron chi connectivity index (χ2n) is 8.71. The van der Waals surface area contributed by atoms with E-state index in [9.17, 15) is 9.59 Å². The minimum atomic E-state index is 0.176. The molecule has 1 heterocycles. The summed E-state index contributed by atoms with van der Waals surface area (Å²) in [6, 6.07) is 6.61. The Morgan fingerprint density at radius 3 is 2.12 bits per heavy atom. The molecule has 0 bridgehead atoms. The van der Waals surface area contributed by atoms with Crippen molar-refractivity contribution in [3.63, 3.8) is 0 Å². The molecule has 7 heteroatoms. The molecule has 1 aliphatic carbocycles. The molecule has 1 saturated carbocycles. The maximum absolute atomic E-state index is 12.0. The van der Waals surface area contributed by atoms with Crippen LogP contribution in [0.25, 0.3) is 0 Å². The van der Waals surface area contributed by atoms with Crippen molar-refractivity contribution in [3.05, 3.63) is 22.7 Å². The Kier molecular flexibility index (Phi) is 12.3. The summed E-state index contributed by atoms with van der Waals surface area (Å²) in [6.45, 7) is 4.87. The summed E-state index contributed by atoms with van der Waals surface area (Å²) in [5, 5.41) is 0. The lowest BCUT2D eigenvalue weighted by Gasteiger charge is -2.41. The maximum Gasteiger partial charge on any atom is 0.214 e. The predicted molar refractivity (Wildman–Crippen MR) is 135 cm³/mol. The fourth-order valence-electron chi connectivity index (χ4n) is 4.73. The predicted octanol–water partition coefficient (Wildman–Crippen LogP) is 5.23. The van der Waals surface area contributed by atoms with Crippen LogP contribution in [0, 0.1) is 0 Å². The van der Waals surface area contributed by atoms with E-state index < -0.39 is 0 Å². The van der Waals surface area contributed by atoms with Gasteiger partial charge in [-0.15, -0.1) is 0 Å². The molecule has 2 amide bonds. The fraction of sp³-hybridized carbons (Fsp3) is 0.680. The van der Waals surface area contributed by atoms with Gasteiger partial charge >= 0.3 is 0 Å². The van der Waals surface area contributed by atoms with Crippen LogP contribution in [0.1, 0.15) is 64.7 Å². The van der Waals surface area contributed by atoms with E-state index in [1.54, 1.807) is 14.2 Å². The first-order chi connectivity index (χ1) is 15.5. The number of benzene rings is 1. The minimum absolute atomic E-state index is 0.176. The number of piperidine rings is 1. The van der Waals surface area contributed by atoms with Gasteiger partial charge in [0, 0.05) is 50.4 Å². The van der Waals surface area contributed by atoms with Gasteiger partial charge in [-0.3, -0.25) is 9.59 Å². The van der Waals surface area contributed by atoms with Crippen LogP contribution in [0.4, 0.5) is 11.4 Å². The van der Waals surface area contributed by atoms with Crippen molar-refractivity contribution in [2.45, 2.75) is 76.8 Å². The number of likely N-dealkylation sites (tertiary alicyclic amines) is 1. The first-order valence-corrected chi connectivity index (χ1v) is 12.8. The standard InChI is InChI=1S/C22H32BrN3O2.C3H8O/c1-24(16-27)21-10-9-18(23)15-22(21)26(17-28)20-11-13-25(14-12-20)19-7-5-3-2-4-6-8-19;1-3-4-2/h9-10,15-17,19-20H,2-8,11-14H2,1H3;3H2,1-2H3. The zero-order valence-electron chi connectivity index (χ0n) is 20.0. The van der Waals surface area contributed by atoms with Gasteiger partial charge in [-0.2, -0.15) is 0 Å². The second-order valence-corrected chi connectivity index (χ2v) is 9.62. The Bertz CT molecular complexity index is 685. The summed E-state index contributed by atoms with van der Waals surface area (Å²) < 4.78 is 5.45. The van der Waals surface area contributed by atoms with E-state index >= 15 is 0 Å².